The summed E-state index contributed by atoms with van der Waals surface area (Å²) in [6.07, 6.45) is 8.47. The maximum atomic E-state index is 13.5. The van der Waals surface area contributed by atoms with Crippen LogP contribution in [0.2, 0.25) is 0 Å². The highest BCUT2D eigenvalue weighted by atomic mass is 16.5. The number of fused-ring (bicyclic) bond motifs is 2. The summed E-state index contributed by atoms with van der Waals surface area (Å²) in [7, 11) is 0. The van der Waals surface area contributed by atoms with Gasteiger partial charge in [0.25, 0.3) is 0 Å². The van der Waals surface area contributed by atoms with E-state index in [1.807, 2.05) is 0 Å². The summed E-state index contributed by atoms with van der Waals surface area (Å²) in [5, 5.41) is 7.31. The maximum absolute atomic E-state index is 13.5. The second-order valence-electron chi connectivity index (χ2n) is 9.24. The minimum absolute atomic E-state index is 0.255. The van der Waals surface area contributed by atoms with Gasteiger partial charge < -0.3 is 15.4 Å². The Labute approximate surface area is 168 Å². The molecule has 0 bridgehead atoms. The van der Waals surface area contributed by atoms with Gasteiger partial charge in [0.05, 0.1) is 0 Å². The zero-order chi connectivity index (χ0) is 19.0. The molecule has 152 valence electrons. The van der Waals surface area contributed by atoms with E-state index < -0.39 is 0 Å². The Bertz CT molecular complexity index is 693. The summed E-state index contributed by atoms with van der Waals surface area (Å²) in [5.74, 6) is 0.279. The molecule has 28 heavy (non-hydrogen) atoms. The van der Waals surface area contributed by atoms with E-state index in [1.54, 1.807) is 0 Å². The number of hydrogen-bond acceptors (Lipinski definition) is 4. The molecule has 5 rings (SSSR count). The van der Waals surface area contributed by atoms with E-state index in [-0.39, 0.29) is 17.5 Å². The molecular weight excluding hydrogens is 350 g/mol. The average Bonchev–Trinajstić information content (AvgIpc) is 3.29. The van der Waals surface area contributed by atoms with Crippen molar-refractivity contribution in [2.75, 3.05) is 26.3 Å². The summed E-state index contributed by atoms with van der Waals surface area (Å²) < 4.78 is 5.50. The molecule has 0 spiro atoms. The number of ether oxygens (including phenoxy) is 1. The van der Waals surface area contributed by atoms with Gasteiger partial charge in [0.2, 0.25) is 5.91 Å². The molecule has 1 aromatic carbocycles. The first-order chi connectivity index (χ1) is 13.7. The van der Waals surface area contributed by atoms with Crippen LogP contribution in [0.4, 0.5) is 0 Å². The van der Waals surface area contributed by atoms with Crippen LogP contribution >= 0.6 is 0 Å². The van der Waals surface area contributed by atoms with Crippen molar-refractivity contribution in [1.82, 2.24) is 15.5 Å². The van der Waals surface area contributed by atoms with Crippen molar-refractivity contribution >= 4 is 5.91 Å². The van der Waals surface area contributed by atoms with E-state index in [2.05, 4.69) is 39.8 Å². The molecule has 0 unspecified atom stereocenters. The Morgan fingerprint density at radius 2 is 1.79 bits per heavy atom. The van der Waals surface area contributed by atoms with Crippen LogP contribution in [-0.4, -0.2) is 60.8 Å². The monoisotopic (exact) mass is 383 g/mol. The first-order valence-electron chi connectivity index (χ1n) is 11.2. The normalized spacial score (nSPS) is 31.5. The Morgan fingerprint density at radius 3 is 2.54 bits per heavy atom. The first-order valence-corrected chi connectivity index (χ1v) is 11.2. The fourth-order valence-electron chi connectivity index (χ4n) is 5.97. The molecule has 2 N–H and O–H groups in total. The lowest BCUT2D eigenvalue weighted by Crippen LogP contribution is -2.59. The standard InChI is InChI=1S/C23H33N3O2/c27-22(25-20-13-17-5-1-2-6-18(17)14-20)23-9-3-4-10-26(23)16-21(15-23)24-19-7-11-28-12-8-19/h1-2,5-6,19-21,24H,3-4,7-16H2,(H,25,27)/t21-,23-/m0/s1. The number of amides is 1. The minimum Gasteiger partial charge on any atom is -0.381 e. The van der Waals surface area contributed by atoms with Crippen molar-refractivity contribution in [3.63, 3.8) is 0 Å². The van der Waals surface area contributed by atoms with E-state index in [1.165, 1.54) is 24.0 Å². The van der Waals surface area contributed by atoms with Crippen LogP contribution in [-0.2, 0) is 22.4 Å². The number of nitrogens with one attached hydrogen (secondary N) is 2. The Kier molecular flexibility index (Phi) is 5.16. The summed E-state index contributed by atoms with van der Waals surface area (Å²) in [6, 6.07) is 9.84. The highest BCUT2D eigenvalue weighted by molar-refractivity contribution is 5.87. The van der Waals surface area contributed by atoms with Gasteiger partial charge in [-0.05, 0) is 69.0 Å². The molecule has 5 nitrogen and oxygen atoms in total. The van der Waals surface area contributed by atoms with Crippen LogP contribution in [0.3, 0.4) is 0 Å². The summed E-state index contributed by atoms with van der Waals surface area (Å²) in [6.45, 7) is 3.80. The highest BCUT2D eigenvalue weighted by Gasteiger charge is 2.52. The summed E-state index contributed by atoms with van der Waals surface area (Å²) in [5.41, 5.74) is 2.50. The number of benzene rings is 1. The van der Waals surface area contributed by atoms with Gasteiger partial charge in [-0.25, -0.2) is 0 Å². The molecule has 4 aliphatic rings. The fraction of sp³-hybridized carbons (Fsp3) is 0.696. The second kappa shape index (κ2) is 7.77. The van der Waals surface area contributed by atoms with Gasteiger partial charge in [-0.3, -0.25) is 9.69 Å². The zero-order valence-corrected chi connectivity index (χ0v) is 16.8. The maximum Gasteiger partial charge on any atom is 0.240 e. The summed E-state index contributed by atoms with van der Waals surface area (Å²) >= 11 is 0. The van der Waals surface area contributed by atoms with Gasteiger partial charge in [0.1, 0.15) is 5.54 Å². The molecule has 1 amide bonds. The van der Waals surface area contributed by atoms with Crippen molar-refractivity contribution in [3.8, 4) is 0 Å². The molecule has 3 saturated heterocycles. The Hall–Kier alpha value is -1.43. The molecule has 2 atom stereocenters. The molecule has 0 radical (unpaired) electrons. The van der Waals surface area contributed by atoms with Gasteiger partial charge in [-0.15, -0.1) is 0 Å². The molecular formula is C23H33N3O2. The van der Waals surface area contributed by atoms with E-state index in [0.717, 1.165) is 64.8 Å². The predicted molar refractivity (Wildman–Crippen MR) is 109 cm³/mol. The van der Waals surface area contributed by atoms with Crippen molar-refractivity contribution in [1.29, 1.82) is 0 Å². The molecule has 1 aromatic rings. The highest BCUT2D eigenvalue weighted by Crippen LogP contribution is 2.39. The lowest BCUT2D eigenvalue weighted by molar-refractivity contribution is -0.134. The van der Waals surface area contributed by atoms with Crippen molar-refractivity contribution in [3.05, 3.63) is 35.4 Å². The topological polar surface area (TPSA) is 53.6 Å². The first kappa shape index (κ1) is 18.6. The van der Waals surface area contributed by atoms with Crippen LogP contribution in [0.1, 0.15) is 49.7 Å². The van der Waals surface area contributed by atoms with Crippen LogP contribution in [0.15, 0.2) is 24.3 Å². The smallest absolute Gasteiger partial charge is 0.240 e. The van der Waals surface area contributed by atoms with Crippen molar-refractivity contribution in [2.24, 2.45) is 0 Å². The fourth-order valence-corrected chi connectivity index (χ4v) is 5.97. The number of carbonyl (C=O) groups excluding carboxylic acids is 1. The quantitative estimate of drug-likeness (QED) is 0.836. The van der Waals surface area contributed by atoms with Gasteiger partial charge >= 0.3 is 0 Å². The van der Waals surface area contributed by atoms with Crippen LogP contribution in [0.25, 0.3) is 0 Å². The SMILES string of the molecule is O=C(NC1Cc2ccccc2C1)[C@@]12CCCCN1C[C@@H](NC1CCOCC1)C2. The number of nitrogens with zero attached hydrogens (tertiary/aromatic N) is 1. The van der Waals surface area contributed by atoms with Gasteiger partial charge in [0, 0.05) is 37.9 Å². The molecule has 1 aliphatic carbocycles. The van der Waals surface area contributed by atoms with E-state index in [4.69, 9.17) is 4.74 Å². The molecule has 5 heteroatoms. The average molecular weight is 384 g/mol. The van der Waals surface area contributed by atoms with Gasteiger partial charge in [-0.1, -0.05) is 24.3 Å². The third-order valence-electron chi connectivity index (χ3n) is 7.40. The molecule has 0 saturated carbocycles. The van der Waals surface area contributed by atoms with Gasteiger partial charge in [0.15, 0.2) is 0 Å². The van der Waals surface area contributed by atoms with E-state index in [0.29, 0.717) is 12.1 Å². The van der Waals surface area contributed by atoms with Crippen LogP contribution in [0.5, 0.6) is 0 Å². The van der Waals surface area contributed by atoms with E-state index >= 15 is 0 Å². The largest absolute Gasteiger partial charge is 0.381 e. The van der Waals surface area contributed by atoms with Crippen molar-refractivity contribution < 1.29 is 9.53 Å². The zero-order valence-electron chi connectivity index (χ0n) is 16.8. The number of carbonyl (C=O) groups is 1. The lowest BCUT2D eigenvalue weighted by Gasteiger charge is -2.41. The van der Waals surface area contributed by atoms with Crippen LogP contribution < -0.4 is 10.6 Å². The number of hydrogen-bond donors (Lipinski definition) is 2. The lowest BCUT2D eigenvalue weighted by atomic mass is 9.84. The molecule has 3 fully saturated rings. The van der Waals surface area contributed by atoms with Crippen LogP contribution in [0, 0.1) is 0 Å². The molecule has 0 aromatic heterocycles. The van der Waals surface area contributed by atoms with Crippen molar-refractivity contribution in [2.45, 2.75) is 75.0 Å². The Morgan fingerprint density at radius 1 is 1.04 bits per heavy atom. The predicted octanol–water partition coefficient (Wildman–Crippen LogP) is 2.04. The van der Waals surface area contributed by atoms with Gasteiger partial charge in [-0.2, -0.15) is 0 Å². The number of rotatable bonds is 4. The summed E-state index contributed by atoms with van der Waals surface area (Å²) in [4.78, 5) is 16.0. The number of piperidine rings is 1. The Balaban J connectivity index is 1.26. The molecule has 3 aliphatic heterocycles. The third kappa shape index (κ3) is 3.49. The molecule has 3 heterocycles. The minimum atomic E-state index is -0.296. The third-order valence-corrected chi connectivity index (χ3v) is 7.40. The second-order valence-corrected chi connectivity index (χ2v) is 9.24. The van der Waals surface area contributed by atoms with E-state index in [9.17, 15) is 4.79 Å².